The summed E-state index contributed by atoms with van der Waals surface area (Å²) in [7, 11) is 0. The van der Waals surface area contributed by atoms with Gasteiger partial charge in [-0.05, 0) is 18.8 Å². The van der Waals surface area contributed by atoms with Crippen LogP contribution in [0.5, 0.6) is 0 Å². The Bertz CT molecular complexity index is 259. The predicted octanol–water partition coefficient (Wildman–Crippen LogP) is 1.32. The molecule has 0 spiro atoms. The van der Waals surface area contributed by atoms with Crippen molar-refractivity contribution in [2.75, 3.05) is 13.1 Å². The van der Waals surface area contributed by atoms with Crippen LogP contribution in [0, 0.1) is 5.92 Å². The molecule has 0 aromatic heterocycles. The minimum absolute atomic E-state index is 0. The molecule has 1 aliphatic heterocycles. The van der Waals surface area contributed by atoms with E-state index in [1.54, 1.807) is 0 Å². The quantitative estimate of drug-likeness (QED) is 0.798. The summed E-state index contributed by atoms with van der Waals surface area (Å²) in [5.41, 5.74) is 0. The zero-order valence-corrected chi connectivity index (χ0v) is 9.79. The van der Waals surface area contributed by atoms with Gasteiger partial charge in [0.25, 0.3) is 5.92 Å². The average molecular weight is 255 g/mol. The predicted molar refractivity (Wildman–Crippen MR) is 59.0 cm³/mol. The van der Waals surface area contributed by atoms with E-state index in [1.807, 2.05) is 0 Å². The number of halogens is 3. The summed E-state index contributed by atoms with van der Waals surface area (Å²) in [4.78, 5) is 11.5. The maximum absolute atomic E-state index is 12.8. The minimum atomic E-state index is -2.72. The van der Waals surface area contributed by atoms with E-state index in [0.717, 1.165) is 12.8 Å². The molecule has 1 unspecified atom stereocenters. The lowest BCUT2D eigenvalue weighted by Gasteiger charge is -2.26. The smallest absolute Gasteiger partial charge is 0.262 e. The molecule has 1 saturated heterocycles. The first-order valence-electron chi connectivity index (χ1n) is 5.46. The van der Waals surface area contributed by atoms with Crippen molar-refractivity contribution < 1.29 is 13.6 Å². The molecule has 2 aliphatic rings. The van der Waals surface area contributed by atoms with Gasteiger partial charge in [0.05, 0.1) is 12.6 Å². The first kappa shape index (κ1) is 13.6. The lowest BCUT2D eigenvalue weighted by atomic mass is 9.85. The minimum Gasteiger partial charge on any atom is -0.354 e. The number of carbonyl (C=O) groups excluding carboxylic acids is 1. The lowest BCUT2D eigenvalue weighted by Crippen LogP contribution is -2.43. The molecule has 1 heterocycles. The van der Waals surface area contributed by atoms with Gasteiger partial charge in [0.2, 0.25) is 5.91 Å². The number of amides is 1. The van der Waals surface area contributed by atoms with Crippen molar-refractivity contribution in [2.24, 2.45) is 5.92 Å². The Hall–Kier alpha value is -0.420. The fourth-order valence-corrected chi connectivity index (χ4v) is 1.97. The summed E-state index contributed by atoms with van der Waals surface area (Å²) in [5, 5.41) is 5.27. The second kappa shape index (κ2) is 5.27. The highest BCUT2D eigenvalue weighted by Crippen LogP contribution is 2.26. The van der Waals surface area contributed by atoms with Crippen LogP contribution < -0.4 is 10.6 Å². The fourth-order valence-electron chi connectivity index (χ4n) is 1.97. The van der Waals surface area contributed by atoms with E-state index in [1.165, 1.54) is 6.42 Å². The maximum atomic E-state index is 12.8. The molecule has 0 bridgehead atoms. The monoisotopic (exact) mass is 254 g/mol. The third-order valence-electron chi connectivity index (χ3n) is 3.22. The number of alkyl halides is 2. The summed E-state index contributed by atoms with van der Waals surface area (Å²) in [6.45, 7) is 0.261. The summed E-state index contributed by atoms with van der Waals surface area (Å²) < 4.78 is 25.6. The Morgan fingerprint density at radius 2 is 2.12 bits per heavy atom. The van der Waals surface area contributed by atoms with E-state index in [-0.39, 0.29) is 31.3 Å². The molecule has 6 heteroatoms. The van der Waals surface area contributed by atoms with Crippen molar-refractivity contribution in [3.63, 3.8) is 0 Å². The van der Waals surface area contributed by atoms with Crippen molar-refractivity contribution in [3.05, 3.63) is 0 Å². The molecule has 2 fully saturated rings. The fraction of sp³-hybridized carbons (Fsp3) is 0.900. The summed E-state index contributed by atoms with van der Waals surface area (Å²) in [5.74, 6) is -2.44. The van der Waals surface area contributed by atoms with Gasteiger partial charge in [-0.15, -0.1) is 12.4 Å². The molecular weight excluding hydrogens is 238 g/mol. The van der Waals surface area contributed by atoms with E-state index >= 15 is 0 Å². The van der Waals surface area contributed by atoms with Gasteiger partial charge in [0, 0.05) is 13.0 Å². The molecule has 0 aromatic carbocycles. The van der Waals surface area contributed by atoms with Gasteiger partial charge in [0.15, 0.2) is 0 Å². The number of hydrogen-bond donors (Lipinski definition) is 2. The standard InChI is InChI=1S/C10H16F2N2O.ClH/c11-10(12)4-8(14-6-10)9(15)13-5-7-2-1-3-7;/h7-8,14H,1-6H2,(H,13,15);1H. The molecule has 2 N–H and O–H groups in total. The first-order chi connectivity index (χ1) is 7.07. The highest BCUT2D eigenvalue weighted by Gasteiger charge is 2.42. The third kappa shape index (κ3) is 3.28. The van der Waals surface area contributed by atoms with Gasteiger partial charge in [-0.1, -0.05) is 6.42 Å². The van der Waals surface area contributed by atoms with Crippen LogP contribution in [0.25, 0.3) is 0 Å². The van der Waals surface area contributed by atoms with Crippen LogP contribution in [0.15, 0.2) is 0 Å². The lowest BCUT2D eigenvalue weighted by molar-refractivity contribution is -0.123. The molecule has 2 rings (SSSR count). The SMILES string of the molecule is Cl.O=C(NCC1CCC1)C1CC(F)(F)CN1. The van der Waals surface area contributed by atoms with Crippen LogP contribution in [-0.4, -0.2) is 31.0 Å². The van der Waals surface area contributed by atoms with E-state index < -0.39 is 12.0 Å². The van der Waals surface area contributed by atoms with E-state index in [4.69, 9.17) is 0 Å². The molecular formula is C10H17ClF2N2O. The number of rotatable bonds is 3. The third-order valence-corrected chi connectivity index (χ3v) is 3.22. The Labute approximate surface area is 99.8 Å². The van der Waals surface area contributed by atoms with E-state index in [9.17, 15) is 13.6 Å². The van der Waals surface area contributed by atoms with Crippen molar-refractivity contribution >= 4 is 18.3 Å². The van der Waals surface area contributed by atoms with Gasteiger partial charge in [0.1, 0.15) is 0 Å². The van der Waals surface area contributed by atoms with Crippen molar-refractivity contribution in [3.8, 4) is 0 Å². The normalized spacial score (nSPS) is 28.0. The van der Waals surface area contributed by atoms with Crippen LogP contribution in [0.4, 0.5) is 8.78 Å². The van der Waals surface area contributed by atoms with Crippen LogP contribution in [0.3, 0.4) is 0 Å². The van der Waals surface area contributed by atoms with Crippen molar-refractivity contribution in [1.29, 1.82) is 0 Å². The first-order valence-corrected chi connectivity index (χ1v) is 5.46. The molecule has 3 nitrogen and oxygen atoms in total. The molecule has 1 aliphatic carbocycles. The highest BCUT2D eigenvalue weighted by molar-refractivity contribution is 5.85. The largest absolute Gasteiger partial charge is 0.354 e. The zero-order valence-electron chi connectivity index (χ0n) is 8.97. The van der Waals surface area contributed by atoms with Gasteiger partial charge in [-0.3, -0.25) is 10.1 Å². The number of carbonyl (C=O) groups is 1. The average Bonchev–Trinajstić information content (AvgIpc) is 2.43. The number of nitrogens with one attached hydrogen (secondary N) is 2. The second-order valence-corrected chi connectivity index (χ2v) is 4.54. The summed E-state index contributed by atoms with van der Waals surface area (Å²) in [6, 6.07) is -0.708. The van der Waals surface area contributed by atoms with E-state index in [0.29, 0.717) is 12.5 Å². The molecule has 1 amide bonds. The van der Waals surface area contributed by atoms with Crippen LogP contribution in [0.1, 0.15) is 25.7 Å². The van der Waals surface area contributed by atoms with Crippen LogP contribution in [0.2, 0.25) is 0 Å². The van der Waals surface area contributed by atoms with Crippen molar-refractivity contribution in [2.45, 2.75) is 37.6 Å². The molecule has 16 heavy (non-hydrogen) atoms. The molecule has 94 valence electrons. The Morgan fingerprint density at radius 1 is 1.44 bits per heavy atom. The molecule has 0 radical (unpaired) electrons. The molecule has 1 saturated carbocycles. The van der Waals surface area contributed by atoms with Gasteiger partial charge in [-0.2, -0.15) is 0 Å². The highest BCUT2D eigenvalue weighted by atomic mass is 35.5. The topological polar surface area (TPSA) is 41.1 Å². The second-order valence-electron chi connectivity index (χ2n) is 4.54. The number of hydrogen-bond acceptors (Lipinski definition) is 2. The van der Waals surface area contributed by atoms with E-state index in [2.05, 4.69) is 10.6 Å². The molecule has 1 atom stereocenters. The summed E-state index contributed by atoms with van der Waals surface area (Å²) >= 11 is 0. The Balaban J connectivity index is 0.00000128. The summed E-state index contributed by atoms with van der Waals surface area (Å²) in [6.07, 6.45) is 3.15. The van der Waals surface area contributed by atoms with Crippen LogP contribution in [-0.2, 0) is 4.79 Å². The van der Waals surface area contributed by atoms with Crippen molar-refractivity contribution in [1.82, 2.24) is 10.6 Å². The van der Waals surface area contributed by atoms with Crippen LogP contribution >= 0.6 is 12.4 Å². The Morgan fingerprint density at radius 3 is 2.56 bits per heavy atom. The zero-order chi connectivity index (χ0) is 10.9. The van der Waals surface area contributed by atoms with Gasteiger partial charge >= 0.3 is 0 Å². The van der Waals surface area contributed by atoms with Gasteiger partial charge < -0.3 is 5.32 Å². The molecule has 0 aromatic rings. The maximum Gasteiger partial charge on any atom is 0.262 e. The van der Waals surface area contributed by atoms with Gasteiger partial charge in [-0.25, -0.2) is 8.78 Å². The Kier molecular flexibility index (Phi) is 4.50.